The zero-order valence-corrected chi connectivity index (χ0v) is 24.9. The van der Waals surface area contributed by atoms with Gasteiger partial charge in [0.05, 0.1) is 16.8 Å². The molecule has 214 valence electrons. The van der Waals surface area contributed by atoms with E-state index in [1.54, 1.807) is 20.9 Å². The highest BCUT2D eigenvalue weighted by molar-refractivity contribution is 5.78. The van der Waals surface area contributed by atoms with Crippen molar-refractivity contribution in [3.8, 4) is 5.75 Å². The first-order valence-corrected chi connectivity index (χ1v) is 14.0. The summed E-state index contributed by atoms with van der Waals surface area (Å²) in [6.45, 7) is 14.3. The number of benzene rings is 3. The Morgan fingerprint density at radius 3 is 2.52 bits per heavy atom. The van der Waals surface area contributed by atoms with E-state index in [1.165, 1.54) is 21.7 Å². The zero-order chi connectivity index (χ0) is 29.4. The van der Waals surface area contributed by atoms with Gasteiger partial charge in [-0.3, -0.25) is 9.69 Å². The van der Waals surface area contributed by atoms with Gasteiger partial charge in [-0.2, -0.15) is 0 Å². The third kappa shape index (κ3) is 5.67. The summed E-state index contributed by atoms with van der Waals surface area (Å²) in [5, 5.41) is 11.8. The van der Waals surface area contributed by atoms with Crippen LogP contribution in [0.15, 0.2) is 54.6 Å². The lowest BCUT2D eigenvalue weighted by Crippen LogP contribution is -2.42. The second kappa shape index (κ2) is 11.1. The Morgan fingerprint density at radius 1 is 1.18 bits per heavy atom. The number of ether oxygens (including phenoxy) is 1. The van der Waals surface area contributed by atoms with E-state index in [2.05, 4.69) is 62.1 Å². The van der Waals surface area contributed by atoms with Crippen LogP contribution in [0, 0.1) is 19.3 Å². The SMILES string of the molecule is CCC1(C)CN(Cc2cc(C(c3ccc(N(C)N)c(N)c3C)C(C)(C)C(=O)O)ccc2C)Cc2ccccc2O1. The predicted octanol–water partition coefficient (Wildman–Crippen LogP) is 6.00. The van der Waals surface area contributed by atoms with Gasteiger partial charge in [-0.1, -0.05) is 49.4 Å². The summed E-state index contributed by atoms with van der Waals surface area (Å²) in [7, 11) is 1.74. The van der Waals surface area contributed by atoms with Gasteiger partial charge in [0.15, 0.2) is 0 Å². The number of nitrogens with two attached hydrogens (primary N) is 2. The number of anilines is 2. The monoisotopic (exact) mass is 544 g/mol. The molecule has 0 spiro atoms. The molecule has 3 aromatic carbocycles. The molecule has 0 aromatic heterocycles. The molecule has 1 heterocycles. The van der Waals surface area contributed by atoms with Crippen LogP contribution in [-0.4, -0.2) is 35.2 Å². The van der Waals surface area contributed by atoms with Gasteiger partial charge in [-0.25, -0.2) is 5.84 Å². The van der Waals surface area contributed by atoms with Crippen molar-refractivity contribution in [2.45, 2.75) is 72.6 Å². The van der Waals surface area contributed by atoms with Gasteiger partial charge >= 0.3 is 5.97 Å². The van der Waals surface area contributed by atoms with Crippen LogP contribution in [0.25, 0.3) is 0 Å². The number of para-hydroxylation sites is 1. The molecule has 0 amide bonds. The molecule has 0 saturated carbocycles. The molecule has 7 nitrogen and oxygen atoms in total. The van der Waals surface area contributed by atoms with E-state index >= 15 is 0 Å². The first-order chi connectivity index (χ1) is 18.8. The molecule has 3 aromatic rings. The van der Waals surface area contributed by atoms with Crippen LogP contribution >= 0.6 is 0 Å². The number of hydrogen-bond acceptors (Lipinski definition) is 6. The molecule has 40 heavy (non-hydrogen) atoms. The number of carboxylic acid groups (broad SMARTS) is 1. The summed E-state index contributed by atoms with van der Waals surface area (Å²) in [4.78, 5) is 15.1. The van der Waals surface area contributed by atoms with Crippen LogP contribution in [0.5, 0.6) is 5.75 Å². The van der Waals surface area contributed by atoms with E-state index in [-0.39, 0.29) is 5.60 Å². The molecule has 0 bridgehead atoms. The molecular weight excluding hydrogens is 500 g/mol. The van der Waals surface area contributed by atoms with Crippen molar-refractivity contribution in [3.05, 3.63) is 88.0 Å². The molecule has 5 N–H and O–H groups in total. The quantitative estimate of drug-likeness (QED) is 0.181. The third-order valence-corrected chi connectivity index (χ3v) is 8.63. The van der Waals surface area contributed by atoms with Gasteiger partial charge in [0.2, 0.25) is 0 Å². The molecule has 0 saturated heterocycles. The average molecular weight is 545 g/mol. The van der Waals surface area contributed by atoms with E-state index in [9.17, 15) is 9.90 Å². The van der Waals surface area contributed by atoms with E-state index in [4.69, 9.17) is 16.3 Å². The summed E-state index contributed by atoms with van der Waals surface area (Å²) in [6.07, 6.45) is 0.889. The van der Waals surface area contributed by atoms with Crippen LogP contribution in [0.3, 0.4) is 0 Å². The molecule has 0 aliphatic carbocycles. The summed E-state index contributed by atoms with van der Waals surface area (Å²) in [5.41, 5.74) is 12.6. The van der Waals surface area contributed by atoms with Crippen LogP contribution in [0.4, 0.5) is 11.4 Å². The van der Waals surface area contributed by atoms with Gasteiger partial charge in [0, 0.05) is 38.2 Å². The Bertz CT molecular complexity index is 1400. The lowest BCUT2D eigenvalue weighted by Gasteiger charge is -2.34. The molecule has 1 aliphatic heterocycles. The van der Waals surface area contributed by atoms with Crippen LogP contribution in [0.2, 0.25) is 0 Å². The summed E-state index contributed by atoms with van der Waals surface area (Å²) in [5.74, 6) is 5.66. The predicted molar refractivity (Wildman–Crippen MR) is 163 cm³/mol. The normalized spacial score (nSPS) is 18.4. The highest BCUT2D eigenvalue weighted by atomic mass is 16.5. The third-order valence-electron chi connectivity index (χ3n) is 8.63. The van der Waals surface area contributed by atoms with Crippen molar-refractivity contribution in [1.82, 2.24) is 4.90 Å². The lowest BCUT2D eigenvalue weighted by atomic mass is 9.69. The van der Waals surface area contributed by atoms with Crippen LogP contribution in [-0.2, 0) is 17.9 Å². The maximum absolute atomic E-state index is 12.6. The number of fused-ring (bicyclic) bond motifs is 1. The minimum absolute atomic E-state index is 0.307. The molecule has 0 radical (unpaired) electrons. The number of carboxylic acids is 1. The lowest BCUT2D eigenvalue weighted by molar-refractivity contribution is -0.147. The zero-order valence-electron chi connectivity index (χ0n) is 24.9. The van der Waals surface area contributed by atoms with E-state index in [1.807, 2.05) is 25.1 Å². The molecule has 2 atom stereocenters. The number of nitrogens with zero attached hydrogens (tertiary/aromatic N) is 2. The van der Waals surface area contributed by atoms with Gasteiger partial charge in [-0.05, 0) is 81.0 Å². The number of aryl methyl sites for hydroxylation is 1. The second-order valence-electron chi connectivity index (χ2n) is 12.1. The topological polar surface area (TPSA) is 105 Å². The smallest absolute Gasteiger partial charge is 0.310 e. The summed E-state index contributed by atoms with van der Waals surface area (Å²) >= 11 is 0. The Labute approximate surface area is 238 Å². The number of hydrazine groups is 1. The van der Waals surface area contributed by atoms with Crippen molar-refractivity contribution >= 4 is 17.3 Å². The summed E-state index contributed by atoms with van der Waals surface area (Å²) in [6, 6.07) is 18.5. The summed E-state index contributed by atoms with van der Waals surface area (Å²) < 4.78 is 6.50. The maximum atomic E-state index is 12.6. The Morgan fingerprint density at radius 2 is 1.88 bits per heavy atom. The van der Waals surface area contributed by atoms with Crippen LogP contribution in [0.1, 0.15) is 73.4 Å². The minimum atomic E-state index is -1.09. The van der Waals surface area contributed by atoms with Gasteiger partial charge in [0.25, 0.3) is 0 Å². The van der Waals surface area contributed by atoms with Gasteiger partial charge in [-0.15, -0.1) is 0 Å². The van der Waals surface area contributed by atoms with Gasteiger partial charge < -0.3 is 20.6 Å². The molecule has 0 fully saturated rings. The fourth-order valence-corrected chi connectivity index (χ4v) is 5.84. The van der Waals surface area contributed by atoms with Crippen LogP contribution < -0.4 is 21.3 Å². The number of hydrogen-bond donors (Lipinski definition) is 3. The van der Waals surface area contributed by atoms with E-state index in [0.29, 0.717) is 11.4 Å². The Hall–Kier alpha value is -3.55. The number of nitrogen functional groups attached to an aromatic ring is 1. The fraction of sp³-hybridized carbons (Fsp3) is 0.424. The van der Waals surface area contributed by atoms with Crippen molar-refractivity contribution in [2.75, 3.05) is 24.3 Å². The molecular formula is C33H44N4O3. The molecule has 2 unspecified atom stereocenters. The second-order valence-corrected chi connectivity index (χ2v) is 12.1. The number of carbonyl (C=O) groups is 1. The van der Waals surface area contributed by atoms with E-state index < -0.39 is 17.3 Å². The van der Waals surface area contributed by atoms with Crippen molar-refractivity contribution in [1.29, 1.82) is 0 Å². The molecule has 7 heteroatoms. The molecule has 1 aliphatic rings. The standard InChI is InChI=1S/C33H44N4O3/c1-8-33(6)20-37(18-24-11-9-10-12-28(24)40-33)19-25-17-23(14-13-21(25)2)29(32(4,5)31(38)39)26-15-16-27(36(7)35)30(34)22(26)3/h9-17,29H,8,18-20,34-35H2,1-7H3,(H,38,39). The first-order valence-electron chi connectivity index (χ1n) is 14.0. The van der Waals surface area contributed by atoms with Gasteiger partial charge in [0.1, 0.15) is 11.4 Å². The highest BCUT2D eigenvalue weighted by Gasteiger charge is 2.40. The first kappa shape index (κ1) is 29.4. The number of aliphatic carboxylic acids is 1. The van der Waals surface area contributed by atoms with Crippen molar-refractivity contribution < 1.29 is 14.6 Å². The Balaban J connectivity index is 1.78. The van der Waals surface area contributed by atoms with Crippen molar-refractivity contribution in [3.63, 3.8) is 0 Å². The maximum Gasteiger partial charge on any atom is 0.310 e. The average Bonchev–Trinajstić information content (AvgIpc) is 3.03. The fourth-order valence-electron chi connectivity index (χ4n) is 5.84. The highest BCUT2D eigenvalue weighted by Crippen LogP contribution is 2.45. The Kier molecular flexibility index (Phi) is 8.20. The minimum Gasteiger partial charge on any atom is -0.486 e. The van der Waals surface area contributed by atoms with Crippen molar-refractivity contribution in [2.24, 2.45) is 11.3 Å². The molecule has 4 rings (SSSR count). The van der Waals surface area contributed by atoms with E-state index in [0.717, 1.165) is 48.5 Å². The largest absolute Gasteiger partial charge is 0.486 e. The number of rotatable bonds is 8.